The Morgan fingerprint density at radius 3 is 2.67 bits per heavy atom. The van der Waals surface area contributed by atoms with Crippen molar-refractivity contribution in [3.05, 3.63) is 30.3 Å². The third kappa shape index (κ3) is 3.56. The SMILES string of the molecule is c1ccc(OC2CCCCCC[N]2)cc1. The summed E-state index contributed by atoms with van der Waals surface area (Å²) in [6.45, 7) is 0.956. The summed E-state index contributed by atoms with van der Waals surface area (Å²) in [5.74, 6) is 0.937. The average molecular weight is 204 g/mol. The molecule has 2 nitrogen and oxygen atoms in total. The summed E-state index contributed by atoms with van der Waals surface area (Å²) in [7, 11) is 0. The molecule has 1 aromatic rings. The minimum Gasteiger partial charge on any atom is -0.474 e. The van der Waals surface area contributed by atoms with E-state index in [1.54, 1.807) is 0 Å². The maximum absolute atomic E-state index is 5.82. The van der Waals surface area contributed by atoms with Crippen LogP contribution in [0, 0.1) is 0 Å². The molecule has 1 saturated heterocycles. The molecule has 1 aliphatic heterocycles. The molecule has 0 aliphatic carbocycles. The van der Waals surface area contributed by atoms with Gasteiger partial charge in [-0.3, -0.25) is 0 Å². The van der Waals surface area contributed by atoms with Gasteiger partial charge in [0.15, 0.2) is 6.23 Å². The highest BCUT2D eigenvalue weighted by Gasteiger charge is 2.12. The van der Waals surface area contributed by atoms with Gasteiger partial charge in [0.05, 0.1) is 0 Å². The molecule has 1 aliphatic rings. The molecule has 0 aromatic heterocycles. The second-order valence-corrected chi connectivity index (χ2v) is 3.99. The summed E-state index contributed by atoms with van der Waals surface area (Å²) < 4.78 is 5.82. The number of para-hydroxylation sites is 1. The summed E-state index contributed by atoms with van der Waals surface area (Å²) >= 11 is 0. The van der Waals surface area contributed by atoms with Crippen LogP contribution in [0.1, 0.15) is 32.1 Å². The van der Waals surface area contributed by atoms with Crippen LogP contribution >= 0.6 is 0 Å². The van der Waals surface area contributed by atoms with Gasteiger partial charge >= 0.3 is 0 Å². The van der Waals surface area contributed by atoms with Crippen molar-refractivity contribution in [2.45, 2.75) is 38.3 Å². The van der Waals surface area contributed by atoms with Gasteiger partial charge in [0, 0.05) is 6.54 Å². The fourth-order valence-electron chi connectivity index (χ4n) is 1.86. The van der Waals surface area contributed by atoms with Crippen LogP contribution in [0.2, 0.25) is 0 Å². The van der Waals surface area contributed by atoms with E-state index in [0.717, 1.165) is 18.7 Å². The first-order valence-electron chi connectivity index (χ1n) is 5.83. The summed E-state index contributed by atoms with van der Waals surface area (Å²) in [6, 6.07) is 9.99. The first-order valence-corrected chi connectivity index (χ1v) is 5.83. The smallest absolute Gasteiger partial charge is 0.165 e. The Balaban J connectivity index is 1.86. The van der Waals surface area contributed by atoms with Crippen molar-refractivity contribution in [1.29, 1.82) is 0 Å². The highest BCUT2D eigenvalue weighted by Crippen LogP contribution is 2.16. The Hall–Kier alpha value is -1.02. The van der Waals surface area contributed by atoms with Crippen molar-refractivity contribution in [1.82, 2.24) is 5.32 Å². The lowest BCUT2D eigenvalue weighted by atomic mass is 10.1. The quantitative estimate of drug-likeness (QED) is 0.726. The molecule has 15 heavy (non-hydrogen) atoms. The first kappa shape index (κ1) is 10.5. The zero-order chi connectivity index (χ0) is 10.3. The maximum atomic E-state index is 5.82. The van der Waals surface area contributed by atoms with Gasteiger partial charge in [0.25, 0.3) is 0 Å². The van der Waals surface area contributed by atoms with Gasteiger partial charge in [-0.15, -0.1) is 0 Å². The van der Waals surface area contributed by atoms with E-state index in [0.29, 0.717) is 0 Å². The van der Waals surface area contributed by atoms with E-state index in [9.17, 15) is 0 Å². The van der Waals surface area contributed by atoms with E-state index in [-0.39, 0.29) is 6.23 Å². The Labute approximate surface area is 91.6 Å². The molecule has 1 unspecified atom stereocenters. The number of hydrogen-bond donors (Lipinski definition) is 0. The highest BCUT2D eigenvalue weighted by molar-refractivity contribution is 5.21. The Morgan fingerprint density at radius 1 is 1.00 bits per heavy atom. The molecule has 1 heterocycles. The number of benzene rings is 1. The third-order valence-electron chi connectivity index (χ3n) is 2.71. The maximum Gasteiger partial charge on any atom is 0.165 e. The van der Waals surface area contributed by atoms with Gasteiger partial charge in [-0.1, -0.05) is 31.0 Å². The second-order valence-electron chi connectivity index (χ2n) is 3.99. The van der Waals surface area contributed by atoms with Crippen molar-refractivity contribution >= 4 is 0 Å². The van der Waals surface area contributed by atoms with Crippen LogP contribution in [0.4, 0.5) is 0 Å². The molecule has 1 atom stereocenters. The molecule has 1 radical (unpaired) electrons. The number of rotatable bonds is 2. The van der Waals surface area contributed by atoms with Crippen LogP contribution in [-0.2, 0) is 0 Å². The van der Waals surface area contributed by atoms with Crippen molar-refractivity contribution in [2.24, 2.45) is 0 Å². The molecular formula is C13H18NO. The van der Waals surface area contributed by atoms with Gasteiger partial charge in [-0.25, -0.2) is 5.32 Å². The Kier molecular flexibility index (Phi) is 4.03. The lowest BCUT2D eigenvalue weighted by molar-refractivity contribution is 0.140. The van der Waals surface area contributed by atoms with Crippen LogP contribution in [-0.4, -0.2) is 12.8 Å². The third-order valence-corrected chi connectivity index (χ3v) is 2.71. The van der Waals surface area contributed by atoms with Gasteiger partial charge in [0.2, 0.25) is 0 Å². The summed E-state index contributed by atoms with van der Waals surface area (Å²) in [5.41, 5.74) is 0. The van der Waals surface area contributed by atoms with Crippen LogP contribution in [0.15, 0.2) is 30.3 Å². The van der Waals surface area contributed by atoms with Crippen molar-refractivity contribution < 1.29 is 4.74 Å². The molecular weight excluding hydrogens is 186 g/mol. The monoisotopic (exact) mass is 204 g/mol. The van der Waals surface area contributed by atoms with E-state index in [1.807, 2.05) is 30.3 Å². The first-order chi connectivity index (χ1) is 7.45. The van der Waals surface area contributed by atoms with Crippen LogP contribution in [0.25, 0.3) is 0 Å². The van der Waals surface area contributed by atoms with E-state index in [4.69, 9.17) is 4.74 Å². The predicted molar refractivity (Wildman–Crippen MR) is 60.9 cm³/mol. The Bertz CT molecular complexity index is 265. The van der Waals surface area contributed by atoms with E-state index in [1.165, 1.54) is 25.7 Å². The molecule has 0 amide bonds. The zero-order valence-corrected chi connectivity index (χ0v) is 9.06. The minimum absolute atomic E-state index is 0.0766. The lowest BCUT2D eigenvalue weighted by Crippen LogP contribution is -2.30. The van der Waals surface area contributed by atoms with Gasteiger partial charge < -0.3 is 4.74 Å². The van der Waals surface area contributed by atoms with E-state index in [2.05, 4.69) is 5.32 Å². The summed E-state index contributed by atoms with van der Waals surface area (Å²) in [6.07, 6.45) is 6.24. The van der Waals surface area contributed by atoms with E-state index >= 15 is 0 Å². The molecule has 0 saturated carbocycles. The average Bonchev–Trinajstić information content (AvgIpc) is 2.23. The standard InChI is InChI=1S/C13H18NO/c1-2-7-11-14-13(10-6-1)15-12-8-4-3-5-9-12/h3-5,8-9,13H,1-2,6-7,10-11H2. The second kappa shape index (κ2) is 5.76. The fraction of sp³-hybridized carbons (Fsp3) is 0.538. The highest BCUT2D eigenvalue weighted by atomic mass is 16.5. The van der Waals surface area contributed by atoms with Crippen molar-refractivity contribution in [3.8, 4) is 5.75 Å². The van der Waals surface area contributed by atoms with Crippen molar-refractivity contribution in [3.63, 3.8) is 0 Å². The normalized spacial score (nSPS) is 22.8. The molecule has 2 heteroatoms. The molecule has 2 rings (SSSR count). The zero-order valence-electron chi connectivity index (χ0n) is 9.06. The molecule has 81 valence electrons. The fourth-order valence-corrected chi connectivity index (χ4v) is 1.86. The van der Waals surface area contributed by atoms with E-state index < -0.39 is 0 Å². The molecule has 0 spiro atoms. The molecule has 1 aromatic carbocycles. The number of ether oxygens (including phenoxy) is 1. The predicted octanol–water partition coefficient (Wildman–Crippen LogP) is 2.96. The van der Waals surface area contributed by atoms with Gasteiger partial charge in [-0.2, -0.15) is 0 Å². The summed E-state index contributed by atoms with van der Waals surface area (Å²) in [5, 5.41) is 4.56. The van der Waals surface area contributed by atoms with Gasteiger partial charge in [0.1, 0.15) is 5.75 Å². The Morgan fingerprint density at radius 2 is 1.80 bits per heavy atom. The molecule has 0 N–H and O–H groups in total. The lowest BCUT2D eigenvalue weighted by Gasteiger charge is -2.20. The largest absolute Gasteiger partial charge is 0.474 e. The topological polar surface area (TPSA) is 23.3 Å². The number of nitrogens with zero attached hydrogens (tertiary/aromatic N) is 1. The van der Waals surface area contributed by atoms with Crippen LogP contribution < -0.4 is 10.1 Å². The molecule has 1 fully saturated rings. The summed E-state index contributed by atoms with van der Waals surface area (Å²) in [4.78, 5) is 0. The van der Waals surface area contributed by atoms with Crippen LogP contribution in [0.5, 0.6) is 5.75 Å². The minimum atomic E-state index is 0.0766. The number of hydrogen-bond acceptors (Lipinski definition) is 1. The van der Waals surface area contributed by atoms with Crippen LogP contribution in [0.3, 0.4) is 0 Å². The molecule has 0 bridgehead atoms. The van der Waals surface area contributed by atoms with Crippen molar-refractivity contribution in [2.75, 3.05) is 6.54 Å². The van der Waals surface area contributed by atoms with Gasteiger partial charge in [-0.05, 0) is 31.4 Å².